The smallest absolute Gasteiger partial charge is 0.261 e. The van der Waals surface area contributed by atoms with Gasteiger partial charge in [-0.25, -0.2) is 16.8 Å². The van der Waals surface area contributed by atoms with Crippen molar-refractivity contribution in [2.24, 2.45) is 0 Å². The number of morpholine rings is 1. The van der Waals surface area contributed by atoms with Gasteiger partial charge in [0.25, 0.3) is 10.0 Å². The van der Waals surface area contributed by atoms with Gasteiger partial charge in [0.1, 0.15) is 0 Å². The van der Waals surface area contributed by atoms with E-state index < -0.39 is 20.0 Å². The molecule has 0 aromatic heterocycles. The minimum Gasteiger partial charge on any atom is -0.379 e. The number of halogens is 1. The van der Waals surface area contributed by atoms with Crippen LogP contribution in [0.2, 0.25) is 0 Å². The molecule has 0 aliphatic carbocycles. The van der Waals surface area contributed by atoms with Crippen molar-refractivity contribution in [3.8, 4) is 0 Å². The van der Waals surface area contributed by atoms with E-state index in [1.54, 1.807) is 12.1 Å². The third-order valence-corrected chi connectivity index (χ3v) is 7.57. The number of anilines is 1. The van der Waals surface area contributed by atoms with Gasteiger partial charge in [0.15, 0.2) is 0 Å². The predicted molar refractivity (Wildman–Crippen MR) is 101 cm³/mol. The Morgan fingerprint density at radius 1 is 0.923 bits per heavy atom. The van der Waals surface area contributed by atoms with Crippen molar-refractivity contribution < 1.29 is 21.6 Å². The predicted octanol–water partition coefficient (Wildman–Crippen LogP) is 2.27. The molecule has 3 rings (SSSR count). The molecule has 1 aliphatic rings. The van der Waals surface area contributed by atoms with E-state index in [0.717, 1.165) is 0 Å². The lowest BCUT2D eigenvalue weighted by molar-refractivity contribution is 0.0730. The Morgan fingerprint density at radius 2 is 1.58 bits per heavy atom. The lowest BCUT2D eigenvalue weighted by Gasteiger charge is -2.26. The summed E-state index contributed by atoms with van der Waals surface area (Å²) in [4.78, 5) is 0.113. The second-order valence-corrected chi connectivity index (χ2v) is 10.1. The van der Waals surface area contributed by atoms with Crippen LogP contribution in [-0.4, -0.2) is 47.4 Å². The summed E-state index contributed by atoms with van der Waals surface area (Å²) in [5.74, 6) is 0. The van der Waals surface area contributed by atoms with E-state index in [4.69, 9.17) is 4.74 Å². The highest BCUT2D eigenvalue weighted by Gasteiger charge is 2.26. The highest BCUT2D eigenvalue weighted by atomic mass is 79.9. The van der Waals surface area contributed by atoms with Gasteiger partial charge < -0.3 is 4.74 Å². The molecule has 0 atom stereocenters. The average Bonchev–Trinajstić information content (AvgIpc) is 2.62. The highest BCUT2D eigenvalue weighted by molar-refractivity contribution is 9.10. The van der Waals surface area contributed by atoms with E-state index in [1.165, 1.54) is 40.7 Å². The first-order valence-corrected chi connectivity index (χ1v) is 11.5. The molecule has 1 N–H and O–H groups in total. The number of hydrogen-bond acceptors (Lipinski definition) is 5. The molecule has 1 saturated heterocycles. The second kappa shape index (κ2) is 7.65. The maximum absolute atomic E-state index is 12.7. The molecule has 26 heavy (non-hydrogen) atoms. The van der Waals surface area contributed by atoms with Crippen molar-refractivity contribution in [1.29, 1.82) is 0 Å². The minimum atomic E-state index is -3.83. The fourth-order valence-corrected chi connectivity index (χ4v) is 5.60. The van der Waals surface area contributed by atoms with Crippen molar-refractivity contribution >= 4 is 41.7 Å². The van der Waals surface area contributed by atoms with Crippen LogP contribution in [0.15, 0.2) is 62.8 Å². The number of hydrogen-bond donors (Lipinski definition) is 1. The van der Waals surface area contributed by atoms with Crippen LogP contribution in [0.1, 0.15) is 0 Å². The van der Waals surface area contributed by atoms with Crippen LogP contribution >= 0.6 is 15.9 Å². The summed E-state index contributed by atoms with van der Waals surface area (Å²) in [5, 5.41) is 0. The maximum Gasteiger partial charge on any atom is 0.261 e. The zero-order valence-corrected chi connectivity index (χ0v) is 16.8. The molecule has 10 heteroatoms. The molecule has 1 aliphatic heterocycles. The van der Waals surface area contributed by atoms with Gasteiger partial charge in [-0.2, -0.15) is 4.31 Å². The van der Waals surface area contributed by atoms with Gasteiger partial charge in [0, 0.05) is 17.6 Å². The minimum absolute atomic E-state index is 0.0360. The summed E-state index contributed by atoms with van der Waals surface area (Å²) in [6, 6.07) is 12.0. The highest BCUT2D eigenvalue weighted by Crippen LogP contribution is 2.23. The fraction of sp³-hybridized carbons (Fsp3) is 0.250. The molecule has 2 aromatic rings. The standard InChI is InChI=1S/C16H17BrN2O5S2/c17-13-3-1-5-15(11-13)25(20,21)18-14-4-2-6-16(12-14)26(22,23)19-7-9-24-10-8-19/h1-6,11-12,18H,7-10H2. The Hall–Kier alpha value is -1.46. The number of nitrogens with zero attached hydrogens (tertiary/aromatic N) is 1. The van der Waals surface area contributed by atoms with Gasteiger partial charge in [-0.3, -0.25) is 4.72 Å². The van der Waals surface area contributed by atoms with E-state index in [1.807, 2.05) is 0 Å². The fourth-order valence-electron chi connectivity index (χ4n) is 2.50. The van der Waals surface area contributed by atoms with E-state index in [2.05, 4.69) is 20.7 Å². The number of ether oxygens (including phenoxy) is 1. The quantitative estimate of drug-likeness (QED) is 0.738. The van der Waals surface area contributed by atoms with Crippen molar-refractivity contribution in [3.63, 3.8) is 0 Å². The van der Waals surface area contributed by atoms with E-state index >= 15 is 0 Å². The molecule has 0 spiro atoms. The Labute approximate surface area is 161 Å². The summed E-state index contributed by atoms with van der Waals surface area (Å²) in [6.07, 6.45) is 0. The van der Waals surface area contributed by atoms with Gasteiger partial charge in [-0.05, 0) is 36.4 Å². The van der Waals surface area contributed by atoms with Crippen LogP contribution in [0.25, 0.3) is 0 Å². The molecule has 0 saturated carbocycles. The number of benzene rings is 2. The van der Waals surface area contributed by atoms with Crippen molar-refractivity contribution in [3.05, 3.63) is 53.0 Å². The Balaban J connectivity index is 1.88. The van der Waals surface area contributed by atoms with Crippen molar-refractivity contribution in [1.82, 2.24) is 4.31 Å². The Morgan fingerprint density at radius 3 is 2.27 bits per heavy atom. The van der Waals surface area contributed by atoms with Crippen LogP contribution in [-0.2, 0) is 24.8 Å². The Kier molecular flexibility index (Phi) is 5.68. The molecule has 0 radical (unpaired) electrons. The first-order chi connectivity index (χ1) is 12.3. The topological polar surface area (TPSA) is 92.8 Å². The van der Waals surface area contributed by atoms with Crippen LogP contribution in [0, 0.1) is 0 Å². The SMILES string of the molecule is O=S(=O)(Nc1cccc(S(=O)(=O)N2CCOCC2)c1)c1cccc(Br)c1. The summed E-state index contributed by atoms with van der Waals surface area (Å²) in [7, 11) is -7.53. The van der Waals surface area contributed by atoms with Gasteiger partial charge in [-0.1, -0.05) is 28.1 Å². The molecular formula is C16H17BrN2O5S2. The van der Waals surface area contributed by atoms with E-state index in [9.17, 15) is 16.8 Å². The molecule has 1 heterocycles. The van der Waals surface area contributed by atoms with E-state index in [0.29, 0.717) is 17.7 Å². The molecule has 0 unspecified atom stereocenters. The van der Waals surface area contributed by atoms with Crippen LogP contribution in [0.3, 0.4) is 0 Å². The third kappa shape index (κ3) is 4.26. The second-order valence-electron chi connectivity index (χ2n) is 5.61. The molecule has 0 amide bonds. The summed E-state index contributed by atoms with van der Waals surface area (Å²) in [6.45, 7) is 1.23. The van der Waals surface area contributed by atoms with E-state index in [-0.39, 0.29) is 28.6 Å². The summed E-state index contributed by atoms with van der Waals surface area (Å²) < 4.78 is 60.0. The Bertz CT molecular complexity index is 1000. The number of sulfonamides is 2. The van der Waals surface area contributed by atoms with Gasteiger partial charge in [0.05, 0.1) is 28.7 Å². The zero-order chi connectivity index (χ0) is 18.8. The molecular weight excluding hydrogens is 444 g/mol. The summed E-state index contributed by atoms with van der Waals surface area (Å²) >= 11 is 3.23. The van der Waals surface area contributed by atoms with Crippen LogP contribution in [0.4, 0.5) is 5.69 Å². The molecule has 1 fully saturated rings. The first kappa shape index (κ1) is 19.3. The van der Waals surface area contributed by atoms with Gasteiger partial charge >= 0.3 is 0 Å². The van der Waals surface area contributed by atoms with Crippen molar-refractivity contribution in [2.45, 2.75) is 9.79 Å². The molecule has 140 valence electrons. The normalized spacial score (nSPS) is 16.3. The lowest BCUT2D eigenvalue weighted by Crippen LogP contribution is -2.40. The summed E-state index contributed by atoms with van der Waals surface area (Å²) in [5.41, 5.74) is 0.180. The molecule has 2 aromatic carbocycles. The third-order valence-electron chi connectivity index (χ3n) is 3.80. The number of nitrogens with one attached hydrogen (secondary N) is 1. The van der Waals surface area contributed by atoms with Crippen LogP contribution < -0.4 is 4.72 Å². The molecule has 0 bridgehead atoms. The van der Waals surface area contributed by atoms with Crippen molar-refractivity contribution in [2.75, 3.05) is 31.0 Å². The number of rotatable bonds is 5. The van der Waals surface area contributed by atoms with Gasteiger partial charge in [-0.15, -0.1) is 0 Å². The zero-order valence-electron chi connectivity index (χ0n) is 13.6. The monoisotopic (exact) mass is 460 g/mol. The van der Waals surface area contributed by atoms with Crippen LogP contribution in [0.5, 0.6) is 0 Å². The lowest BCUT2D eigenvalue weighted by atomic mass is 10.3. The largest absolute Gasteiger partial charge is 0.379 e. The molecule has 7 nitrogen and oxygen atoms in total. The maximum atomic E-state index is 12.7. The average molecular weight is 461 g/mol. The first-order valence-electron chi connectivity index (χ1n) is 7.75. The van der Waals surface area contributed by atoms with Gasteiger partial charge in [0.2, 0.25) is 10.0 Å².